The van der Waals surface area contributed by atoms with Crippen LogP contribution in [0.3, 0.4) is 0 Å². The maximum Gasteiger partial charge on any atom is 0.193 e. The van der Waals surface area contributed by atoms with Crippen molar-refractivity contribution >= 4 is 35.6 Å². The molecule has 1 unspecified atom stereocenters. The Hall–Kier alpha value is -0.820. The topological polar surface area (TPSA) is 53.6 Å². The highest BCUT2D eigenvalue weighted by Crippen LogP contribution is 2.16. The number of guanidine groups is 1. The number of para-hydroxylation sites is 1. The number of nitrogens with zero attached hydrogens (tertiary/aromatic N) is 2. The Bertz CT molecular complexity index is 408. The molecule has 20 heavy (non-hydrogen) atoms. The molecule has 0 amide bonds. The lowest BCUT2D eigenvalue weighted by atomic mass is 10.0. The van der Waals surface area contributed by atoms with Crippen molar-refractivity contribution in [2.24, 2.45) is 10.7 Å². The quantitative estimate of drug-likeness (QED) is 0.474. The van der Waals surface area contributed by atoms with Gasteiger partial charge in [0.15, 0.2) is 5.96 Å². The molecule has 0 bridgehead atoms. The summed E-state index contributed by atoms with van der Waals surface area (Å²) in [4.78, 5) is 6.99. The molecule has 0 radical (unpaired) electrons. The van der Waals surface area contributed by atoms with Gasteiger partial charge in [-0.3, -0.25) is 9.89 Å². The molecule has 2 rings (SSSR count). The van der Waals surface area contributed by atoms with Gasteiger partial charge in [-0.1, -0.05) is 31.5 Å². The number of benzene rings is 1. The van der Waals surface area contributed by atoms with Crippen molar-refractivity contribution in [3.8, 4) is 0 Å². The molecule has 1 saturated heterocycles. The van der Waals surface area contributed by atoms with E-state index in [0.717, 1.165) is 18.8 Å². The summed E-state index contributed by atoms with van der Waals surface area (Å²) >= 11 is 0. The van der Waals surface area contributed by atoms with Gasteiger partial charge in [0.05, 0.1) is 6.54 Å². The second-order valence-electron chi connectivity index (χ2n) is 5.00. The van der Waals surface area contributed by atoms with Gasteiger partial charge in [0.25, 0.3) is 0 Å². The molecule has 112 valence electrons. The molecule has 3 N–H and O–H groups in total. The maximum absolute atomic E-state index is 5.93. The first-order valence-corrected chi connectivity index (χ1v) is 7.15. The number of nitrogens with one attached hydrogen (secondary N) is 1. The van der Waals surface area contributed by atoms with Gasteiger partial charge < -0.3 is 11.1 Å². The predicted molar refractivity (Wildman–Crippen MR) is 96.9 cm³/mol. The summed E-state index contributed by atoms with van der Waals surface area (Å²) in [5.74, 6) is 0.507. The summed E-state index contributed by atoms with van der Waals surface area (Å²) in [5, 5.41) is 3.12. The van der Waals surface area contributed by atoms with Crippen LogP contribution in [-0.2, 0) is 0 Å². The first kappa shape index (κ1) is 17.2. The molecule has 1 aliphatic heterocycles. The SMILES string of the molecule is CCN1CCCCC1CN=C(N)Nc1ccccc1.I. The van der Waals surface area contributed by atoms with E-state index in [1.54, 1.807) is 0 Å². The average molecular weight is 388 g/mol. The zero-order chi connectivity index (χ0) is 13.5. The lowest BCUT2D eigenvalue weighted by molar-refractivity contribution is 0.161. The Labute approximate surface area is 138 Å². The molecule has 1 atom stereocenters. The van der Waals surface area contributed by atoms with Crippen molar-refractivity contribution in [1.29, 1.82) is 0 Å². The van der Waals surface area contributed by atoms with Crippen molar-refractivity contribution in [3.05, 3.63) is 30.3 Å². The van der Waals surface area contributed by atoms with Crippen molar-refractivity contribution in [3.63, 3.8) is 0 Å². The van der Waals surface area contributed by atoms with Crippen LogP contribution in [0, 0.1) is 0 Å². The molecule has 4 nitrogen and oxygen atoms in total. The molecule has 1 fully saturated rings. The summed E-state index contributed by atoms with van der Waals surface area (Å²) in [6.07, 6.45) is 3.85. The van der Waals surface area contributed by atoms with Crippen molar-refractivity contribution in [1.82, 2.24) is 4.90 Å². The van der Waals surface area contributed by atoms with Crippen LogP contribution in [0.4, 0.5) is 5.69 Å². The zero-order valence-corrected chi connectivity index (χ0v) is 14.4. The number of rotatable bonds is 4. The Balaban J connectivity index is 0.00000200. The fourth-order valence-corrected chi connectivity index (χ4v) is 2.60. The van der Waals surface area contributed by atoms with E-state index < -0.39 is 0 Å². The van der Waals surface area contributed by atoms with E-state index in [9.17, 15) is 0 Å². The van der Waals surface area contributed by atoms with Crippen LogP contribution in [0.5, 0.6) is 0 Å². The van der Waals surface area contributed by atoms with E-state index in [4.69, 9.17) is 5.73 Å². The minimum Gasteiger partial charge on any atom is -0.370 e. The van der Waals surface area contributed by atoms with Crippen molar-refractivity contribution in [2.45, 2.75) is 32.2 Å². The van der Waals surface area contributed by atoms with E-state index in [0.29, 0.717) is 12.0 Å². The summed E-state index contributed by atoms with van der Waals surface area (Å²) in [7, 11) is 0. The predicted octanol–water partition coefficient (Wildman–Crippen LogP) is 2.91. The lowest BCUT2D eigenvalue weighted by Crippen LogP contribution is -2.41. The summed E-state index contributed by atoms with van der Waals surface area (Å²) < 4.78 is 0. The summed E-state index contributed by atoms with van der Waals surface area (Å²) in [5.41, 5.74) is 6.92. The number of hydrogen-bond acceptors (Lipinski definition) is 2. The van der Waals surface area contributed by atoms with Crippen LogP contribution < -0.4 is 11.1 Å². The summed E-state index contributed by atoms with van der Waals surface area (Å²) in [6, 6.07) is 10.5. The minimum absolute atomic E-state index is 0. The number of aliphatic imine (C=N–C) groups is 1. The van der Waals surface area contributed by atoms with Gasteiger partial charge in [0.2, 0.25) is 0 Å². The van der Waals surface area contributed by atoms with Gasteiger partial charge in [-0.05, 0) is 38.1 Å². The highest BCUT2D eigenvalue weighted by molar-refractivity contribution is 14.0. The number of likely N-dealkylation sites (N-methyl/N-ethyl adjacent to an activating group) is 1. The van der Waals surface area contributed by atoms with Gasteiger partial charge in [0.1, 0.15) is 0 Å². The van der Waals surface area contributed by atoms with Crippen molar-refractivity contribution < 1.29 is 0 Å². The molecule has 0 saturated carbocycles. The fourth-order valence-electron chi connectivity index (χ4n) is 2.60. The number of hydrogen-bond donors (Lipinski definition) is 2. The second-order valence-corrected chi connectivity index (χ2v) is 5.00. The highest BCUT2D eigenvalue weighted by Gasteiger charge is 2.20. The van der Waals surface area contributed by atoms with E-state index >= 15 is 0 Å². The maximum atomic E-state index is 5.93. The molecule has 0 aliphatic carbocycles. The van der Waals surface area contributed by atoms with Crippen LogP contribution in [0.15, 0.2) is 35.3 Å². The Kier molecular flexibility index (Phi) is 7.91. The minimum atomic E-state index is 0. The Morgan fingerprint density at radius 2 is 2.10 bits per heavy atom. The van der Waals surface area contributed by atoms with Gasteiger partial charge in [0, 0.05) is 11.7 Å². The van der Waals surface area contributed by atoms with Crippen LogP contribution in [0.1, 0.15) is 26.2 Å². The Morgan fingerprint density at radius 3 is 2.80 bits per heavy atom. The highest BCUT2D eigenvalue weighted by atomic mass is 127. The molecule has 0 aromatic heterocycles. The second kappa shape index (κ2) is 9.18. The molecule has 1 heterocycles. The normalized spacial score (nSPS) is 20.2. The number of anilines is 1. The van der Waals surface area contributed by atoms with Gasteiger partial charge in [-0.25, -0.2) is 0 Å². The van der Waals surface area contributed by atoms with Crippen LogP contribution >= 0.6 is 24.0 Å². The summed E-state index contributed by atoms with van der Waals surface area (Å²) in [6.45, 7) is 5.31. The first-order valence-electron chi connectivity index (χ1n) is 7.15. The lowest BCUT2D eigenvalue weighted by Gasteiger charge is -2.33. The number of piperidine rings is 1. The fraction of sp³-hybridized carbons (Fsp3) is 0.533. The number of nitrogens with two attached hydrogens (primary N) is 1. The van der Waals surface area contributed by atoms with E-state index in [1.807, 2.05) is 30.3 Å². The standard InChI is InChI=1S/C15H24N4.HI/c1-2-19-11-7-6-10-14(19)12-17-15(16)18-13-8-4-3-5-9-13;/h3-5,8-9,14H,2,6-7,10-12H2,1H3,(H3,16,17,18);1H. The third kappa shape index (κ3) is 5.28. The van der Waals surface area contributed by atoms with E-state index in [1.165, 1.54) is 25.8 Å². The molecule has 0 spiro atoms. The molecular formula is C15H25IN4. The van der Waals surface area contributed by atoms with Crippen LogP contribution in [0.25, 0.3) is 0 Å². The van der Waals surface area contributed by atoms with E-state index in [-0.39, 0.29) is 24.0 Å². The van der Waals surface area contributed by atoms with Gasteiger partial charge in [-0.2, -0.15) is 0 Å². The molecule has 1 aromatic carbocycles. The van der Waals surface area contributed by atoms with Crippen molar-refractivity contribution in [2.75, 3.05) is 25.0 Å². The number of halogens is 1. The number of likely N-dealkylation sites (tertiary alicyclic amines) is 1. The molecule has 5 heteroatoms. The average Bonchev–Trinajstić information content (AvgIpc) is 2.46. The van der Waals surface area contributed by atoms with Crippen LogP contribution in [0.2, 0.25) is 0 Å². The zero-order valence-electron chi connectivity index (χ0n) is 12.1. The van der Waals surface area contributed by atoms with Crippen LogP contribution in [-0.4, -0.2) is 36.5 Å². The van der Waals surface area contributed by atoms with E-state index in [2.05, 4.69) is 22.1 Å². The monoisotopic (exact) mass is 388 g/mol. The van der Waals surface area contributed by atoms with Gasteiger partial charge >= 0.3 is 0 Å². The van der Waals surface area contributed by atoms with Gasteiger partial charge in [-0.15, -0.1) is 24.0 Å². The third-order valence-corrected chi connectivity index (χ3v) is 3.67. The Morgan fingerprint density at radius 1 is 1.35 bits per heavy atom. The third-order valence-electron chi connectivity index (χ3n) is 3.67. The largest absolute Gasteiger partial charge is 0.370 e. The molecular weight excluding hydrogens is 363 g/mol. The molecule has 1 aliphatic rings. The first-order chi connectivity index (χ1) is 9.29. The molecule has 1 aromatic rings. The smallest absolute Gasteiger partial charge is 0.193 e.